The molecular formula is C19H42ClN2O7P. The van der Waals surface area contributed by atoms with E-state index >= 15 is 0 Å². The molecule has 3 N–H and O–H groups in total. The Kier molecular flexibility index (Phi) is 16.3. The number of ether oxygens (including phenoxy) is 1. The van der Waals surface area contributed by atoms with Crippen molar-refractivity contribution in [1.29, 1.82) is 0 Å². The zero-order chi connectivity index (χ0) is 23.5. The Labute approximate surface area is 188 Å². The van der Waals surface area contributed by atoms with Crippen LogP contribution >= 0.6 is 7.82 Å². The highest BCUT2D eigenvalue weighted by molar-refractivity contribution is 7.46. The Bertz CT molecular complexity index is 558. The molecule has 0 unspecified atom stereocenters. The summed E-state index contributed by atoms with van der Waals surface area (Å²) in [6.07, 6.45) is 1.51. The van der Waals surface area contributed by atoms with E-state index < -0.39 is 19.2 Å². The molecular weight excluding hydrogens is 435 g/mol. The minimum absolute atomic E-state index is 0. The Balaban J connectivity index is -0.000000471. The summed E-state index contributed by atoms with van der Waals surface area (Å²) in [6.45, 7) is 12.6. The van der Waals surface area contributed by atoms with E-state index in [0.717, 1.165) is 24.0 Å². The number of rotatable bonds is 11. The van der Waals surface area contributed by atoms with E-state index in [2.05, 4.69) is 31.0 Å². The molecule has 9 nitrogen and oxygen atoms in total. The maximum absolute atomic E-state index is 11.7. The number of quaternary nitrogens is 1. The van der Waals surface area contributed by atoms with Crippen LogP contribution in [0.15, 0.2) is 0 Å². The SMILES string of the molecule is CCC(C)(C)C(=O)NCC[N+](C)(C)C.CCC(C)(C)C(=O)OCCOP(=O)(O)O.[Cl-]. The number of phosphoric acid groups is 1. The molecule has 0 aromatic carbocycles. The van der Waals surface area contributed by atoms with Crippen molar-refractivity contribution in [3.8, 4) is 0 Å². The number of carbonyl (C=O) groups excluding carboxylic acids is 2. The number of amides is 1. The third-order valence-corrected chi connectivity index (χ3v) is 5.10. The van der Waals surface area contributed by atoms with Gasteiger partial charge in [0.05, 0.1) is 46.3 Å². The van der Waals surface area contributed by atoms with Gasteiger partial charge in [-0.15, -0.1) is 0 Å². The number of nitrogens with one attached hydrogen (secondary N) is 1. The van der Waals surface area contributed by atoms with Crippen molar-refractivity contribution >= 4 is 19.7 Å². The van der Waals surface area contributed by atoms with Crippen LogP contribution in [0.3, 0.4) is 0 Å². The number of phosphoric ester groups is 1. The third kappa shape index (κ3) is 18.1. The molecule has 0 aliphatic carbocycles. The van der Waals surface area contributed by atoms with E-state index in [1.54, 1.807) is 13.8 Å². The van der Waals surface area contributed by atoms with Gasteiger partial charge in [0.2, 0.25) is 5.91 Å². The van der Waals surface area contributed by atoms with Crippen LogP contribution in [0.5, 0.6) is 0 Å². The average molecular weight is 477 g/mol. The first kappa shape index (κ1) is 33.9. The fourth-order valence-corrected chi connectivity index (χ4v) is 1.85. The Morgan fingerprint density at radius 2 is 1.43 bits per heavy atom. The molecule has 0 fully saturated rings. The number of halogens is 1. The second-order valence-corrected chi connectivity index (χ2v) is 10.4. The molecule has 0 atom stereocenters. The molecule has 0 bridgehead atoms. The van der Waals surface area contributed by atoms with E-state index in [9.17, 15) is 14.2 Å². The van der Waals surface area contributed by atoms with E-state index in [0.29, 0.717) is 6.42 Å². The Hall–Kier alpha value is -0.700. The van der Waals surface area contributed by atoms with Crippen molar-refractivity contribution in [3.05, 3.63) is 0 Å². The summed E-state index contributed by atoms with van der Waals surface area (Å²) in [5.41, 5.74) is -0.812. The van der Waals surface area contributed by atoms with Gasteiger partial charge in [0.15, 0.2) is 0 Å². The summed E-state index contributed by atoms with van der Waals surface area (Å²) < 4.78 is 20.0. The number of hydrogen-bond acceptors (Lipinski definition) is 5. The number of likely N-dealkylation sites (N-methyl/N-ethyl adjacent to an activating group) is 1. The second-order valence-electron chi connectivity index (χ2n) is 9.20. The Morgan fingerprint density at radius 1 is 0.967 bits per heavy atom. The van der Waals surface area contributed by atoms with Crippen LogP contribution in [0.25, 0.3) is 0 Å². The molecule has 182 valence electrons. The fourth-order valence-electron chi connectivity index (χ4n) is 1.53. The van der Waals surface area contributed by atoms with Gasteiger partial charge in [-0.1, -0.05) is 27.7 Å². The van der Waals surface area contributed by atoms with Crippen molar-refractivity contribution < 1.29 is 50.1 Å². The average Bonchev–Trinajstić information content (AvgIpc) is 2.56. The Morgan fingerprint density at radius 3 is 1.80 bits per heavy atom. The minimum Gasteiger partial charge on any atom is -1.00 e. The van der Waals surface area contributed by atoms with Crippen molar-refractivity contribution in [2.75, 3.05) is 47.4 Å². The molecule has 30 heavy (non-hydrogen) atoms. The van der Waals surface area contributed by atoms with Gasteiger partial charge in [0.25, 0.3) is 0 Å². The molecule has 0 heterocycles. The van der Waals surface area contributed by atoms with E-state index in [1.807, 2.05) is 27.7 Å². The van der Waals surface area contributed by atoms with Gasteiger partial charge in [0.1, 0.15) is 6.61 Å². The number of hydrogen-bond donors (Lipinski definition) is 3. The van der Waals surface area contributed by atoms with Gasteiger partial charge in [0, 0.05) is 5.41 Å². The first-order valence-corrected chi connectivity index (χ1v) is 11.4. The number of esters is 1. The van der Waals surface area contributed by atoms with Gasteiger partial charge in [-0.2, -0.15) is 0 Å². The summed E-state index contributed by atoms with van der Waals surface area (Å²) >= 11 is 0. The van der Waals surface area contributed by atoms with Crippen LogP contribution in [0, 0.1) is 10.8 Å². The summed E-state index contributed by atoms with van der Waals surface area (Å²) in [4.78, 5) is 39.7. The molecule has 11 heteroatoms. The highest BCUT2D eigenvalue weighted by atomic mass is 35.5. The van der Waals surface area contributed by atoms with Gasteiger partial charge in [-0.25, -0.2) is 4.57 Å². The minimum atomic E-state index is -4.46. The normalized spacial score (nSPS) is 12.2. The van der Waals surface area contributed by atoms with Gasteiger partial charge in [-0.3, -0.25) is 14.1 Å². The predicted octanol–water partition coefficient (Wildman–Crippen LogP) is -0.676. The topological polar surface area (TPSA) is 122 Å². The van der Waals surface area contributed by atoms with Crippen molar-refractivity contribution in [2.45, 2.75) is 54.4 Å². The zero-order valence-electron chi connectivity index (χ0n) is 20.0. The largest absolute Gasteiger partial charge is 1.00 e. The highest BCUT2D eigenvalue weighted by Gasteiger charge is 2.27. The van der Waals surface area contributed by atoms with Crippen LogP contribution in [-0.2, 0) is 23.4 Å². The van der Waals surface area contributed by atoms with Gasteiger partial charge in [-0.05, 0) is 26.7 Å². The van der Waals surface area contributed by atoms with Crippen LogP contribution in [0.1, 0.15) is 54.4 Å². The standard InChI is InChI=1S/C11H24N2O.C8H17O6P.ClH/c1-7-11(2,3)10(14)12-8-9-13(4,5)6;1-4-8(2,3)7(9)13-5-6-14-15(10,11)12;/h7-9H2,1-6H3;4-6H2,1-3H3,(H2,10,11,12);1H. The maximum Gasteiger partial charge on any atom is 0.469 e. The first-order valence-electron chi connectivity index (χ1n) is 9.84. The molecule has 0 spiro atoms. The monoisotopic (exact) mass is 476 g/mol. The quantitative estimate of drug-likeness (QED) is 0.156. The molecule has 1 amide bonds. The van der Waals surface area contributed by atoms with Crippen molar-refractivity contribution in [2.24, 2.45) is 10.8 Å². The molecule has 0 aromatic rings. The molecule has 0 aromatic heterocycles. The lowest BCUT2D eigenvalue weighted by Crippen LogP contribution is -3.00. The highest BCUT2D eigenvalue weighted by Crippen LogP contribution is 2.35. The van der Waals surface area contributed by atoms with E-state index in [4.69, 9.17) is 14.5 Å². The summed E-state index contributed by atoms with van der Waals surface area (Å²) in [7, 11) is 1.90. The number of carbonyl (C=O) groups is 2. The van der Waals surface area contributed by atoms with Crippen molar-refractivity contribution in [1.82, 2.24) is 5.32 Å². The molecule has 0 saturated heterocycles. The van der Waals surface area contributed by atoms with E-state index in [1.165, 1.54) is 0 Å². The number of nitrogens with zero attached hydrogens (tertiary/aromatic N) is 1. The molecule has 0 aliphatic heterocycles. The lowest BCUT2D eigenvalue weighted by molar-refractivity contribution is -0.869. The second kappa shape index (κ2) is 14.4. The molecule has 0 radical (unpaired) electrons. The van der Waals surface area contributed by atoms with Crippen LogP contribution in [0.4, 0.5) is 0 Å². The third-order valence-electron chi connectivity index (χ3n) is 4.58. The smallest absolute Gasteiger partial charge is 0.469 e. The molecule has 0 aliphatic rings. The lowest BCUT2D eigenvalue weighted by Gasteiger charge is -2.26. The predicted molar refractivity (Wildman–Crippen MR) is 113 cm³/mol. The van der Waals surface area contributed by atoms with Crippen LogP contribution in [0.2, 0.25) is 0 Å². The fraction of sp³-hybridized carbons (Fsp3) is 0.895. The maximum atomic E-state index is 11.7. The molecule has 0 saturated carbocycles. The van der Waals surface area contributed by atoms with Gasteiger partial charge < -0.3 is 36.7 Å². The summed E-state index contributed by atoms with van der Waals surface area (Å²) in [5.74, 6) is -0.243. The summed E-state index contributed by atoms with van der Waals surface area (Å²) in [5, 5.41) is 2.98. The van der Waals surface area contributed by atoms with E-state index in [-0.39, 0.29) is 36.9 Å². The molecule has 0 rings (SSSR count). The lowest BCUT2D eigenvalue weighted by atomic mass is 9.89. The van der Waals surface area contributed by atoms with Crippen molar-refractivity contribution in [3.63, 3.8) is 0 Å². The van der Waals surface area contributed by atoms with Crippen LogP contribution in [-0.4, -0.2) is 73.6 Å². The first-order chi connectivity index (χ1) is 12.9. The zero-order valence-corrected chi connectivity index (χ0v) is 21.6. The van der Waals surface area contributed by atoms with Crippen LogP contribution < -0.4 is 17.7 Å². The summed E-state index contributed by atoms with van der Waals surface area (Å²) in [6, 6.07) is 0. The van der Waals surface area contributed by atoms with Gasteiger partial charge >= 0.3 is 13.8 Å².